The third kappa shape index (κ3) is 14.9. The van der Waals surface area contributed by atoms with E-state index in [4.69, 9.17) is 4.74 Å². The molecule has 248 valence electrons. The zero-order chi connectivity index (χ0) is 32.6. The molecule has 0 bridgehead atoms. The molecule has 1 aliphatic rings. The van der Waals surface area contributed by atoms with Crippen LogP contribution in [0, 0.1) is 0 Å². The maximum atomic E-state index is 11.9. The largest absolute Gasteiger partial charge is 0.494 e. The van der Waals surface area contributed by atoms with Crippen molar-refractivity contribution in [3.8, 4) is 5.75 Å². The highest BCUT2D eigenvalue weighted by molar-refractivity contribution is 5.70. The summed E-state index contributed by atoms with van der Waals surface area (Å²) in [6.07, 6.45) is -0.342. The smallest absolute Gasteiger partial charge is 0.317 e. The second kappa shape index (κ2) is 19.1. The SMILES string of the molecule is CC(O)C(O)CCCOc1ccc(C[C@H]2CN(CC(=O)O)CCN(CC(=O)O)CCN(CC(=O)O)CCN2CC(=O)O)cc1. The average Bonchev–Trinajstić information content (AvgIpc) is 2.92. The van der Waals surface area contributed by atoms with Crippen molar-refractivity contribution in [2.75, 3.05) is 78.6 Å². The highest BCUT2D eigenvalue weighted by Crippen LogP contribution is 2.18. The van der Waals surface area contributed by atoms with Gasteiger partial charge in [-0.1, -0.05) is 12.1 Å². The second-order valence-electron chi connectivity index (χ2n) is 11.1. The lowest BCUT2D eigenvalue weighted by Crippen LogP contribution is -2.53. The van der Waals surface area contributed by atoms with Gasteiger partial charge < -0.3 is 35.4 Å². The molecule has 1 aromatic rings. The second-order valence-corrected chi connectivity index (χ2v) is 11.1. The summed E-state index contributed by atoms with van der Waals surface area (Å²) in [4.78, 5) is 53.3. The third-order valence-electron chi connectivity index (χ3n) is 7.43. The number of aliphatic carboxylic acids is 4. The number of aliphatic hydroxyl groups excluding tert-OH is 2. The van der Waals surface area contributed by atoms with Gasteiger partial charge in [-0.15, -0.1) is 0 Å². The first-order valence-corrected chi connectivity index (χ1v) is 14.7. The van der Waals surface area contributed by atoms with Crippen LogP contribution in [-0.4, -0.2) is 171 Å². The molecule has 1 aliphatic heterocycles. The van der Waals surface area contributed by atoms with Crippen molar-refractivity contribution >= 4 is 23.9 Å². The van der Waals surface area contributed by atoms with Gasteiger partial charge in [-0.2, -0.15) is 0 Å². The third-order valence-corrected chi connectivity index (χ3v) is 7.43. The Morgan fingerprint density at radius 3 is 1.73 bits per heavy atom. The molecule has 0 spiro atoms. The van der Waals surface area contributed by atoms with E-state index in [2.05, 4.69) is 0 Å². The quantitative estimate of drug-likeness (QED) is 0.122. The average molecular weight is 627 g/mol. The lowest BCUT2D eigenvalue weighted by atomic mass is 10.0. The molecule has 0 saturated carbocycles. The zero-order valence-corrected chi connectivity index (χ0v) is 25.2. The topological polar surface area (TPSA) is 212 Å². The Labute approximate surface area is 256 Å². The van der Waals surface area contributed by atoms with Crippen molar-refractivity contribution in [2.24, 2.45) is 0 Å². The van der Waals surface area contributed by atoms with Gasteiger partial charge in [0.25, 0.3) is 0 Å². The molecular weight excluding hydrogens is 580 g/mol. The monoisotopic (exact) mass is 626 g/mol. The standard InChI is InChI=1S/C29H46N4O11/c1-21(34)25(35)3-2-14-44-24-6-4-22(5-7-24)15-23-16-32(19-28(40)41)11-10-30(17-26(36)37)8-9-31(18-27(38)39)12-13-33(23)20-29(42)43/h4-7,21,23,25,34-35H,2-3,8-20H2,1H3,(H,36,37)(H,38,39)(H,40,41)(H,42,43)/t21?,23-,25?/m0/s1. The number of rotatable bonds is 16. The van der Waals surface area contributed by atoms with Crippen LogP contribution >= 0.6 is 0 Å². The van der Waals surface area contributed by atoms with E-state index in [0.29, 0.717) is 31.6 Å². The van der Waals surface area contributed by atoms with Crippen molar-refractivity contribution in [2.45, 2.75) is 44.4 Å². The van der Waals surface area contributed by atoms with Crippen LogP contribution in [0.1, 0.15) is 25.3 Å². The summed E-state index contributed by atoms with van der Waals surface area (Å²) in [7, 11) is 0. The van der Waals surface area contributed by atoms with Crippen LogP contribution < -0.4 is 4.74 Å². The molecule has 6 N–H and O–H groups in total. The van der Waals surface area contributed by atoms with Crippen LogP contribution in [0.25, 0.3) is 0 Å². The van der Waals surface area contributed by atoms with Crippen LogP contribution in [0.5, 0.6) is 5.75 Å². The molecule has 1 aromatic carbocycles. The Morgan fingerprint density at radius 2 is 1.23 bits per heavy atom. The Kier molecular flexibility index (Phi) is 16.0. The minimum absolute atomic E-state index is 0.184. The van der Waals surface area contributed by atoms with Gasteiger partial charge in [0.05, 0.1) is 45.0 Å². The van der Waals surface area contributed by atoms with Crippen LogP contribution in [0.15, 0.2) is 24.3 Å². The molecular formula is C29H46N4O11. The van der Waals surface area contributed by atoms with Crippen molar-refractivity contribution in [3.63, 3.8) is 0 Å². The summed E-state index contributed by atoms with van der Waals surface area (Å²) in [6.45, 7) is 2.15. The van der Waals surface area contributed by atoms with Gasteiger partial charge >= 0.3 is 23.9 Å². The fourth-order valence-electron chi connectivity index (χ4n) is 5.07. The first-order chi connectivity index (χ1) is 20.8. The molecule has 15 heteroatoms. The zero-order valence-electron chi connectivity index (χ0n) is 25.2. The van der Waals surface area contributed by atoms with Gasteiger partial charge in [0.1, 0.15) is 5.75 Å². The summed E-state index contributed by atoms with van der Waals surface area (Å²) in [6, 6.07) is 6.75. The fraction of sp³-hybridized carbons (Fsp3) is 0.655. The van der Waals surface area contributed by atoms with Crippen molar-refractivity contribution in [1.82, 2.24) is 19.6 Å². The van der Waals surface area contributed by atoms with E-state index in [1.54, 1.807) is 31.7 Å². The molecule has 2 unspecified atom stereocenters. The van der Waals surface area contributed by atoms with Gasteiger partial charge in [-0.3, -0.25) is 38.8 Å². The molecule has 2 rings (SSSR count). The van der Waals surface area contributed by atoms with Crippen molar-refractivity contribution < 1.29 is 54.6 Å². The first-order valence-electron chi connectivity index (χ1n) is 14.7. The van der Waals surface area contributed by atoms with E-state index >= 15 is 0 Å². The van der Waals surface area contributed by atoms with E-state index in [9.17, 15) is 49.8 Å². The maximum absolute atomic E-state index is 11.9. The molecule has 0 aromatic heterocycles. The molecule has 15 nitrogen and oxygen atoms in total. The highest BCUT2D eigenvalue weighted by Gasteiger charge is 2.27. The van der Waals surface area contributed by atoms with E-state index in [-0.39, 0.29) is 72.0 Å². The Bertz CT molecular complexity index is 1060. The van der Waals surface area contributed by atoms with Gasteiger partial charge in [0.2, 0.25) is 0 Å². The number of aliphatic hydroxyl groups is 2. The number of hydrogen-bond acceptors (Lipinski definition) is 11. The molecule has 1 fully saturated rings. The van der Waals surface area contributed by atoms with Crippen molar-refractivity contribution in [3.05, 3.63) is 29.8 Å². The Hall–Kier alpha value is -3.34. The normalized spacial score (nSPS) is 19.8. The lowest BCUT2D eigenvalue weighted by Gasteiger charge is -2.37. The van der Waals surface area contributed by atoms with E-state index in [1.807, 2.05) is 12.1 Å². The van der Waals surface area contributed by atoms with Crippen molar-refractivity contribution in [1.29, 1.82) is 0 Å². The molecule has 1 heterocycles. The Balaban J connectivity index is 2.27. The molecule has 44 heavy (non-hydrogen) atoms. The predicted molar refractivity (Wildman–Crippen MR) is 158 cm³/mol. The lowest BCUT2D eigenvalue weighted by molar-refractivity contribution is -0.142. The Morgan fingerprint density at radius 1 is 0.750 bits per heavy atom. The maximum Gasteiger partial charge on any atom is 0.317 e. The van der Waals surface area contributed by atoms with Crippen LogP contribution in [0.4, 0.5) is 0 Å². The summed E-state index contributed by atoms with van der Waals surface area (Å²) in [5, 5.41) is 57.2. The summed E-state index contributed by atoms with van der Waals surface area (Å²) in [5.74, 6) is -3.66. The summed E-state index contributed by atoms with van der Waals surface area (Å²) >= 11 is 0. The molecule has 0 amide bonds. The minimum Gasteiger partial charge on any atom is -0.494 e. The van der Waals surface area contributed by atoms with Crippen LogP contribution in [-0.2, 0) is 25.6 Å². The van der Waals surface area contributed by atoms with Gasteiger partial charge in [-0.05, 0) is 43.9 Å². The number of carboxylic acids is 4. The van der Waals surface area contributed by atoms with Gasteiger partial charge in [0, 0.05) is 51.9 Å². The minimum atomic E-state index is -1.08. The summed E-state index contributed by atoms with van der Waals surface area (Å²) < 4.78 is 5.74. The van der Waals surface area contributed by atoms with Gasteiger partial charge in [-0.25, -0.2) is 0 Å². The number of nitrogens with zero attached hydrogens (tertiary/aromatic N) is 4. The molecule has 1 saturated heterocycles. The predicted octanol–water partition coefficient (Wildman–Crippen LogP) is -0.942. The van der Waals surface area contributed by atoms with Crippen LogP contribution in [0.2, 0.25) is 0 Å². The molecule has 3 atom stereocenters. The van der Waals surface area contributed by atoms with E-state index in [0.717, 1.165) is 5.56 Å². The number of hydrogen-bond donors (Lipinski definition) is 6. The highest BCUT2D eigenvalue weighted by atomic mass is 16.5. The number of ether oxygens (including phenoxy) is 1. The molecule has 0 aliphatic carbocycles. The number of benzene rings is 1. The van der Waals surface area contributed by atoms with Crippen LogP contribution in [0.3, 0.4) is 0 Å². The van der Waals surface area contributed by atoms with E-state index < -0.39 is 42.1 Å². The number of carbonyl (C=O) groups is 4. The fourth-order valence-corrected chi connectivity index (χ4v) is 5.07. The van der Waals surface area contributed by atoms with E-state index in [1.165, 1.54) is 6.92 Å². The molecule has 0 radical (unpaired) electrons. The number of carboxylic acid groups (broad SMARTS) is 4. The first kappa shape index (κ1) is 36.8. The van der Waals surface area contributed by atoms with Gasteiger partial charge in [0.15, 0.2) is 0 Å². The summed E-state index contributed by atoms with van der Waals surface area (Å²) in [5.41, 5.74) is 0.847.